The Kier molecular flexibility index (Phi) is 2.40. The van der Waals surface area contributed by atoms with E-state index in [1.54, 1.807) is 6.33 Å². The van der Waals surface area contributed by atoms with Crippen molar-refractivity contribution >= 4 is 11.6 Å². The molecule has 1 aromatic heterocycles. The highest BCUT2D eigenvalue weighted by Gasteiger charge is 2.40. The fourth-order valence-corrected chi connectivity index (χ4v) is 2.38. The second kappa shape index (κ2) is 3.91. The van der Waals surface area contributed by atoms with Gasteiger partial charge in [0.15, 0.2) is 0 Å². The highest BCUT2D eigenvalue weighted by molar-refractivity contribution is 6.16. The summed E-state index contributed by atoms with van der Waals surface area (Å²) in [5.74, 6) is 1.89. The Morgan fingerprint density at radius 2 is 2.12 bits per heavy atom. The van der Waals surface area contributed by atoms with E-state index in [9.17, 15) is 0 Å². The first kappa shape index (κ1) is 9.85. The molecule has 3 rings (SSSR count). The summed E-state index contributed by atoms with van der Waals surface area (Å²) in [7, 11) is 0. The molecule has 1 aliphatic carbocycles. The van der Waals surface area contributed by atoms with Crippen LogP contribution in [0.15, 0.2) is 36.7 Å². The molecular weight excluding hydrogens is 222 g/mol. The van der Waals surface area contributed by atoms with Crippen LogP contribution in [-0.4, -0.2) is 14.8 Å². The van der Waals surface area contributed by atoms with Gasteiger partial charge in [0, 0.05) is 12.0 Å². The van der Waals surface area contributed by atoms with E-state index in [0.29, 0.717) is 17.8 Å². The second-order valence-corrected chi connectivity index (χ2v) is 4.38. The average molecular weight is 234 g/mol. The summed E-state index contributed by atoms with van der Waals surface area (Å²) in [4.78, 5) is 0. The molecule has 2 atom stereocenters. The topological polar surface area (TPSA) is 30.7 Å². The minimum atomic E-state index is 0.429. The van der Waals surface area contributed by atoms with Crippen molar-refractivity contribution in [3.05, 3.63) is 48.0 Å². The van der Waals surface area contributed by atoms with E-state index in [4.69, 9.17) is 11.6 Å². The minimum Gasteiger partial charge on any atom is -0.313 e. The molecule has 0 saturated heterocycles. The minimum absolute atomic E-state index is 0.429. The van der Waals surface area contributed by atoms with Crippen molar-refractivity contribution in [3.8, 4) is 0 Å². The second-order valence-electron chi connectivity index (χ2n) is 4.11. The highest BCUT2D eigenvalue weighted by Crippen LogP contribution is 2.51. The third-order valence-corrected chi connectivity index (χ3v) is 3.35. The molecule has 0 N–H and O–H groups in total. The molecule has 3 nitrogen and oxygen atoms in total. The first-order valence-electron chi connectivity index (χ1n) is 5.39. The summed E-state index contributed by atoms with van der Waals surface area (Å²) in [5, 5.41) is 7.92. The SMILES string of the molecule is ClCc1nncn1C1CC1c1ccccc1. The number of alkyl halides is 1. The van der Waals surface area contributed by atoms with Crippen molar-refractivity contribution in [2.75, 3.05) is 0 Å². The maximum atomic E-state index is 5.82. The molecule has 4 heteroatoms. The molecule has 2 aromatic rings. The summed E-state index contributed by atoms with van der Waals surface area (Å²) >= 11 is 5.82. The maximum Gasteiger partial charge on any atom is 0.148 e. The zero-order chi connectivity index (χ0) is 11.0. The number of benzene rings is 1. The smallest absolute Gasteiger partial charge is 0.148 e. The Balaban J connectivity index is 1.82. The molecule has 16 heavy (non-hydrogen) atoms. The van der Waals surface area contributed by atoms with E-state index in [-0.39, 0.29) is 0 Å². The summed E-state index contributed by atoms with van der Waals surface area (Å²) < 4.78 is 2.10. The number of rotatable bonds is 3. The van der Waals surface area contributed by atoms with Gasteiger partial charge in [-0.1, -0.05) is 30.3 Å². The molecule has 1 saturated carbocycles. The number of nitrogens with zero attached hydrogens (tertiary/aromatic N) is 3. The van der Waals surface area contributed by atoms with E-state index >= 15 is 0 Å². The van der Waals surface area contributed by atoms with Crippen LogP contribution in [0.3, 0.4) is 0 Å². The van der Waals surface area contributed by atoms with E-state index < -0.39 is 0 Å². The van der Waals surface area contributed by atoms with Gasteiger partial charge in [0.25, 0.3) is 0 Å². The monoisotopic (exact) mass is 233 g/mol. The van der Waals surface area contributed by atoms with Crippen LogP contribution < -0.4 is 0 Å². The third-order valence-electron chi connectivity index (χ3n) is 3.11. The van der Waals surface area contributed by atoms with Crippen molar-refractivity contribution in [1.82, 2.24) is 14.8 Å². The average Bonchev–Trinajstić information content (AvgIpc) is 3.00. The van der Waals surface area contributed by atoms with Crippen LogP contribution in [0.25, 0.3) is 0 Å². The van der Waals surface area contributed by atoms with Crippen LogP contribution in [-0.2, 0) is 5.88 Å². The van der Waals surface area contributed by atoms with Gasteiger partial charge < -0.3 is 4.57 Å². The molecule has 82 valence electrons. The highest BCUT2D eigenvalue weighted by atomic mass is 35.5. The van der Waals surface area contributed by atoms with Gasteiger partial charge in [-0.3, -0.25) is 0 Å². The molecule has 0 amide bonds. The van der Waals surface area contributed by atoms with Crippen LogP contribution in [0, 0.1) is 0 Å². The van der Waals surface area contributed by atoms with E-state index in [2.05, 4.69) is 39.0 Å². The van der Waals surface area contributed by atoms with E-state index in [1.165, 1.54) is 5.56 Å². The molecule has 1 aromatic carbocycles. The van der Waals surface area contributed by atoms with Gasteiger partial charge in [0.05, 0.1) is 5.88 Å². The Morgan fingerprint density at radius 3 is 2.88 bits per heavy atom. The first-order valence-corrected chi connectivity index (χ1v) is 5.93. The molecule has 1 fully saturated rings. The predicted octanol–water partition coefficient (Wildman–Crippen LogP) is 2.75. The molecule has 1 aliphatic rings. The normalized spacial score (nSPS) is 23.3. The molecule has 0 spiro atoms. The third kappa shape index (κ3) is 1.61. The van der Waals surface area contributed by atoms with Crippen LogP contribution in [0.5, 0.6) is 0 Å². The Morgan fingerprint density at radius 1 is 1.31 bits per heavy atom. The van der Waals surface area contributed by atoms with Gasteiger partial charge in [0.1, 0.15) is 12.2 Å². The molecule has 0 aliphatic heterocycles. The van der Waals surface area contributed by atoms with Crippen LogP contribution in [0.4, 0.5) is 0 Å². The maximum absolute atomic E-state index is 5.82. The lowest BCUT2D eigenvalue weighted by Gasteiger charge is -2.03. The van der Waals surface area contributed by atoms with Crippen molar-refractivity contribution < 1.29 is 0 Å². The molecule has 0 bridgehead atoms. The van der Waals surface area contributed by atoms with E-state index in [1.807, 2.05) is 6.07 Å². The number of hydrogen-bond acceptors (Lipinski definition) is 2. The van der Waals surface area contributed by atoms with Crippen molar-refractivity contribution in [2.24, 2.45) is 0 Å². The van der Waals surface area contributed by atoms with Crippen molar-refractivity contribution in [2.45, 2.75) is 24.3 Å². The van der Waals surface area contributed by atoms with Crippen molar-refractivity contribution in [3.63, 3.8) is 0 Å². The first-order chi connectivity index (χ1) is 7.90. The number of hydrogen-bond donors (Lipinski definition) is 0. The molecule has 1 heterocycles. The van der Waals surface area contributed by atoms with Gasteiger partial charge in [-0.05, 0) is 12.0 Å². The van der Waals surface area contributed by atoms with Gasteiger partial charge in [-0.2, -0.15) is 0 Å². The summed E-state index contributed by atoms with van der Waals surface area (Å²) in [6, 6.07) is 11.1. The van der Waals surface area contributed by atoms with Gasteiger partial charge in [-0.25, -0.2) is 0 Å². The van der Waals surface area contributed by atoms with Crippen molar-refractivity contribution in [1.29, 1.82) is 0 Å². The predicted molar refractivity (Wildman–Crippen MR) is 62.4 cm³/mol. The quantitative estimate of drug-likeness (QED) is 0.764. The summed E-state index contributed by atoms with van der Waals surface area (Å²) in [6.45, 7) is 0. The Bertz CT molecular complexity index is 480. The lowest BCUT2D eigenvalue weighted by Crippen LogP contribution is -1.99. The zero-order valence-corrected chi connectivity index (χ0v) is 9.51. The van der Waals surface area contributed by atoms with Crippen LogP contribution >= 0.6 is 11.6 Å². The standard InChI is InChI=1S/C12H12ClN3/c13-7-12-15-14-8-16(12)11-6-10(11)9-4-2-1-3-5-9/h1-5,8,10-11H,6-7H2. The van der Waals surface area contributed by atoms with Gasteiger partial charge >= 0.3 is 0 Å². The lowest BCUT2D eigenvalue weighted by atomic mass is 10.1. The van der Waals surface area contributed by atoms with E-state index in [0.717, 1.165) is 12.2 Å². The molecule has 0 radical (unpaired) electrons. The molecular formula is C12H12ClN3. The zero-order valence-electron chi connectivity index (χ0n) is 8.75. The van der Waals surface area contributed by atoms with Gasteiger partial charge in [0.2, 0.25) is 0 Å². The number of halogens is 1. The van der Waals surface area contributed by atoms with Gasteiger partial charge in [-0.15, -0.1) is 21.8 Å². The van der Waals surface area contributed by atoms with Crippen LogP contribution in [0.2, 0.25) is 0 Å². The number of aromatic nitrogens is 3. The Labute approximate surface area is 99.1 Å². The summed E-state index contributed by atoms with van der Waals surface area (Å²) in [5.41, 5.74) is 1.39. The lowest BCUT2D eigenvalue weighted by molar-refractivity contribution is 0.684. The Hall–Kier alpha value is -1.35. The fraction of sp³-hybridized carbons (Fsp3) is 0.333. The largest absolute Gasteiger partial charge is 0.313 e. The summed E-state index contributed by atoms with van der Waals surface area (Å²) in [6.07, 6.45) is 2.94. The van der Waals surface area contributed by atoms with Crippen LogP contribution in [0.1, 0.15) is 29.8 Å². The fourth-order valence-electron chi connectivity index (χ4n) is 2.19. The molecule has 2 unspecified atom stereocenters.